The van der Waals surface area contributed by atoms with E-state index in [4.69, 9.17) is 28.1 Å². The van der Waals surface area contributed by atoms with Gasteiger partial charge in [-0.3, -0.25) is 4.79 Å². The molecule has 2 aromatic rings. The normalized spacial score (nSPS) is 37.0. The van der Waals surface area contributed by atoms with Gasteiger partial charge >= 0.3 is 11.6 Å². The van der Waals surface area contributed by atoms with E-state index in [-0.39, 0.29) is 23.7 Å². The monoisotopic (exact) mass is 722 g/mol. The largest absolute Gasteiger partial charge is 0.493 e. The maximum absolute atomic E-state index is 13.2. The summed E-state index contributed by atoms with van der Waals surface area (Å²) in [5, 5.41) is 72.6. The number of esters is 1. The van der Waals surface area contributed by atoms with Crippen molar-refractivity contribution in [2.45, 2.75) is 108 Å². The van der Waals surface area contributed by atoms with Crippen LogP contribution in [0.1, 0.15) is 53.4 Å². The third-order valence-electron chi connectivity index (χ3n) is 10.9. The van der Waals surface area contributed by atoms with Gasteiger partial charge in [0, 0.05) is 29.4 Å². The Bertz CT molecular complexity index is 1600. The zero-order valence-corrected chi connectivity index (χ0v) is 29.2. The van der Waals surface area contributed by atoms with E-state index >= 15 is 0 Å². The molecular weight excluding hydrogens is 672 g/mol. The number of aliphatic hydroxyl groups excluding tert-OH is 7. The number of allylic oxidation sites excluding steroid dienone is 2. The number of carbonyl (C=O) groups is 1. The molecule has 7 N–H and O–H groups in total. The van der Waals surface area contributed by atoms with E-state index in [2.05, 4.69) is 13.8 Å². The first-order valence-corrected chi connectivity index (χ1v) is 17.3. The number of aliphatic hydroxyl groups is 7. The van der Waals surface area contributed by atoms with Gasteiger partial charge in [0.1, 0.15) is 67.3 Å². The van der Waals surface area contributed by atoms with Gasteiger partial charge in [0.15, 0.2) is 6.29 Å². The van der Waals surface area contributed by atoms with Crippen LogP contribution in [0.3, 0.4) is 0 Å². The first-order chi connectivity index (χ1) is 24.1. The number of fused-ring (bicyclic) bond motifs is 1. The lowest BCUT2D eigenvalue weighted by molar-refractivity contribution is -0.383. The van der Waals surface area contributed by atoms with E-state index < -0.39 is 86.2 Å². The molecule has 3 fully saturated rings. The molecule has 0 amide bonds. The van der Waals surface area contributed by atoms with Crippen molar-refractivity contribution in [2.24, 2.45) is 17.3 Å². The third kappa shape index (κ3) is 8.03. The molecule has 15 nitrogen and oxygen atoms in total. The average Bonchev–Trinajstić information content (AvgIpc) is 3.35. The summed E-state index contributed by atoms with van der Waals surface area (Å²) in [6.07, 6.45) is -11.2. The van der Waals surface area contributed by atoms with Gasteiger partial charge in [-0.15, -0.1) is 0 Å². The van der Waals surface area contributed by atoms with Crippen molar-refractivity contribution in [2.75, 3.05) is 26.4 Å². The maximum Gasteiger partial charge on any atom is 0.336 e. The zero-order chi connectivity index (χ0) is 37.2. The highest BCUT2D eigenvalue weighted by molar-refractivity contribution is 5.77. The molecule has 0 bridgehead atoms. The SMILES string of the molecule is CC(C)=C1CC[C@H](C)[C@](C)(COc2ccc3ccc(=O)oc3c2)[C@H]1CCC(=O)OCC1OC(OC2(CO)OC(CO)C(O)C2O)C(O)C(O)C1O. The minimum Gasteiger partial charge on any atom is -0.493 e. The zero-order valence-electron chi connectivity index (χ0n) is 29.2. The van der Waals surface area contributed by atoms with Crippen LogP contribution in [-0.4, -0.2) is 123 Å². The van der Waals surface area contributed by atoms with Crippen molar-refractivity contribution in [1.82, 2.24) is 0 Å². The molecule has 3 aliphatic rings. The fourth-order valence-corrected chi connectivity index (χ4v) is 7.46. The second-order valence-electron chi connectivity index (χ2n) is 14.4. The fourth-order valence-electron chi connectivity index (χ4n) is 7.46. The topological polar surface area (TPSA) is 235 Å². The van der Waals surface area contributed by atoms with Gasteiger partial charge < -0.3 is 63.8 Å². The summed E-state index contributed by atoms with van der Waals surface area (Å²) >= 11 is 0. The molecule has 51 heavy (non-hydrogen) atoms. The van der Waals surface area contributed by atoms with E-state index in [1.54, 1.807) is 12.1 Å². The predicted molar refractivity (Wildman–Crippen MR) is 178 cm³/mol. The van der Waals surface area contributed by atoms with Crippen LogP contribution in [0.5, 0.6) is 5.75 Å². The molecule has 2 saturated heterocycles. The standard InChI is InChI=1S/C36H50O15/c1-18(2)22-9-5-19(3)35(4,17-47-21-8-6-20-7-11-28(40)48-24(20)13-21)23(22)10-12-27(39)46-15-26-29(41)31(43)32(44)34(49-26)51-36(16-38)33(45)30(42)25(14-37)50-36/h6-8,11,13,19,23,25-26,29-34,37-38,41-45H,5,9-10,12,14-17H2,1-4H3/t19-,23-,25?,26?,29?,30?,31?,32?,33?,34?,35-,36?/m0/s1. The Morgan fingerprint density at radius 3 is 2.37 bits per heavy atom. The van der Waals surface area contributed by atoms with E-state index in [9.17, 15) is 45.3 Å². The Morgan fingerprint density at radius 2 is 1.71 bits per heavy atom. The Labute approximate surface area is 295 Å². The summed E-state index contributed by atoms with van der Waals surface area (Å²) in [5.41, 5.74) is 1.98. The highest BCUT2D eigenvalue weighted by Gasteiger charge is 2.58. The van der Waals surface area contributed by atoms with Crippen LogP contribution in [0.2, 0.25) is 0 Å². The van der Waals surface area contributed by atoms with Crippen LogP contribution in [0.25, 0.3) is 11.0 Å². The number of carbonyl (C=O) groups excluding carboxylic acids is 1. The van der Waals surface area contributed by atoms with Gasteiger partial charge in [-0.25, -0.2) is 4.79 Å². The number of ether oxygens (including phenoxy) is 5. The van der Waals surface area contributed by atoms with Crippen LogP contribution < -0.4 is 10.4 Å². The van der Waals surface area contributed by atoms with Crippen LogP contribution >= 0.6 is 0 Å². The van der Waals surface area contributed by atoms with E-state index in [1.807, 2.05) is 26.0 Å². The van der Waals surface area contributed by atoms with Crippen molar-refractivity contribution in [3.63, 3.8) is 0 Å². The average molecular weight is 723 g/mol. The molecule has 1 saturated carbocycles. The first-order valence-electron chi connectivity index (χ1n) is 17.3. The summed E-state index contributed by atoms with van der Waals surface area (Å²) in [6, 6.07) is 8.39. The Hall–Kier alpha value is -2.96. The molecule has 1 aromatic carbocycles. The Morgan fingerprint density at radius 1 is 0.980 bits per heavy atom. The molecule has 1 aromatic heterocycles. The fraction of sp³-hybridized carbons (Fsp3) is 0.667. The predicted octanol–water partition coefficient (Wildman–Crippen LogP) is 0.510. The molecule has 15 heteroatoms. The van der Waals surface area contributed by atoms with Gasteiger partial charge in [0.05, 0.1) is 13.2 Å². The minimum atomic E-state index is -2.33. The molecule has 12 atom stereocenters. The Kier molecular flexibility index (Phi) is 12.3. The Balaban J connectivity index is 1.23. The lowest BCUT2D eigenvalue weighted by Crippen LogP contribution is -2.62. The quantitative estimate of drug-likeness (QED) is 0.0898. The molecule has 5 rings (SSSR count). The number of benzene rings is 1. The summed E-state index contributed by atoms with van der Waals surface area (Å²) in [7, 11) is 0. The minimum absolute atomic E-state index is 0.00685. The second kappa shape index (κ2) is 16.0. The van der Waals surface area contributed by atoms with Crippen molar-refractivity contribution in [1.29, 1.82) is 0 Å². The highest BCUT2D eigenvalue weighted by atomic mass is 16.8. The van der Waals surface area contributed by atoms with E-state index in [0.717, 1.165) is 23.8 Å². The van der Waals surface area contributed by atoms with Gasteiger partial charge in [-0.1, -0.05) is 25.0 Å². The lowest BCUT2D eigenvalue weighted by atomic mass is 9.58. The number of rotatable bonds is 12. The van der Waals surface area contributed by atoms with Gasteiger partial charge in [0.25, 0.3) is 0 Å². The first kappa shape index (κ1) is 39.3. The molecule has 9 unspecified atom stereocenters. The number of hydrogen-bond donors (Lipinski definition) is 7. The highest BCUT2D eigenvalue weighted by Crippen LogP contribution is 2.51. The lowest BCUT2D eigenvalue weighted by Gasteiger charge is -2.48. The summed E-state index contributed by atoms with van der Waals surface area (Å²) in [6.45, 7) is 6.46. The number of hydrogen-bond acceptors (Lipinski definition) is 15. The van der Waals surface area contributed by atoms with Crippen LogP contribution in [-0.2, 0) is 23.7 Å². The van der Waals surface area contributed by atoms with E-state index in [1.165, 1.54) is 11.6 Å². The van der Waals surface area contributed by atoms with Gasteiger partial charge in [-0.05, 0) is 63.1 Å². The van der Waals surface area contributed by atoms with Crippen molar-refractivity contribution >= 4 is 16.9 Å². The smallest absolute Gasteiger partial charge is 0.336 e. The summed E-state index contributed by atoms with van der Waals surface area (Å²) in [4.78, 5) is 24.9. The summed E-state index contributed by atoms with van der Waals surface area (Å²) in [5.74, 6) is -2.19. The van der Waals surface area contributed by atoms with Gasteiger partial charge in [0.2, 0.25) is 5.79 Å². The maximum atomic E-state index is 13.2. The third-order valence-corrected chi connectivity index (χ3v) is 10.9. The van der Waals surface area contributed by atoms with Gasteiger partial charge in [-0.2, -0.15) is 0 Å². The van der Waals surface area contributed by atoms with Crippen molar-refractivity contribution in [3.8, 4) is 5.75 Å². The van der Waals surface area contributed by atoms with Crippen LogP contribution in [0.4, 0.5) is 0 Å². The van der Waals surface area contributed by atoms with Crippen molar-refractivity contribution in [3.05, 3.63) is 51.9 Å². The van der Waals surface area contributed by atoms with Crippen LogP contribution in [0, 0.1) is 17.3 Å². The molecule has 284 valence electrons. The molecular formula is C36H50O15. The summed E-state index contributed by atoms with van der Waals surface area (Å²) < 4.78 is 33.6. The molecule has 0 spiro atoms. The van der Waals surface area contributed by atoms with E-state index in [0.29, 0.717) is 24.4 Å². The molecule has 3 heterocycles. The molecule has 0 radical (unpaired) electrons. The molecule has 1 aliphatic carbocycles. The second-order valence-corrected chi connectivity index (χ2v) is 14.4. The molecule has 2 aliphatic heterocycles. The van der Waals surface area contributed by atoms with Crippen molar-refractivity contribution < 1.29 is 68.6 Å². The van der Waals surface area contributed by atoms with Crippen LogP contribution in [0.15, 0.2) is 50.7 Å².